The lowest BCUT2D eigenvalue weighted by Gasteiger charge is -2.15. The molecule has 0 unspecified atom stereocenters. The lowest BCUT2D eigenvalue weighted by molar-refractivity contribution is 0.397. The molecule has 2 heterocycles. The second-order valence-electron chi connectivity index (χ2n) is 5.98. The van der Waals surface area contributed by atoms with Crippen molar-refractivity contribution in [3.63, 3.8) is 0 Å². The summed E-state index contributed by atoms with van der Waals surface area (Å²) >= 11 is 6.10. The van der Waals surface area contributed by atoms with E-state index in [-0.39, 0.29) is 0 Å². The lowest BCUT2D eigenvalue weighted by atomic mass is 10.1. The molecule has 0 aliphatic carbocycles. The summed E-state index contributed by atoms with van der Waals surface area (Å²) < 4.78 is 13.1. The van der Waals surface area contributed by atoms with Gasteiger partial charge in [-0.05, 0) is 30.3 Å². The molecule has 136 valence electrons. The summed E-state index contributed by atoms with van der Waals surface area (Å²) in [6.07, 6.45) is 3.62. The van der Waals surface area contributed by atoms with Gasteiger partial charge in [-0.15, -0.1) is 11.6 Å². The average molecular weight is 380 g/mol. The van der Waals surface area contributed by atoms with Crippen molar-refractivity contribution < 1.29 is 9.47 Å². The molecule has 27 heavy (non-hydrogen) atoms. The Bertz CT molecular complexity index is 1080. The second kappa shape index (κ2) is 7.29. The van der Waals surface area contributed by atoms with E-state index in [1.807, 2.05) is 59.4 Å². The normalized spacial score (nSPS) is 10.9. The summed E-state index contributed by atoms with van der Waals surface area (Å²) in [5.41, 5.74) is 3.39. The van der Waals surface area contributed by atoms with Gasteiger partial charge >= 0.3 is 0 Å². The first-order chi connectivity index (χ1) is 13.3. The number of alkyl halides is 1. The van der Waals surface area contributed by atoms with Crippen LogP contribution in [0.25, 0.3) is 27.7 Å². The van der Waals surface area contributed by atoms with Crippen LogP contribution >= 0.6 is 11.6 Å². The molecule has 6 heteroatoms. The predicted molar refractivity (Wildman–Crippen MR) is 107 cm³/mol. The number of halogens is 1. The van der Waals surface area contributed by atoms with Gasteiger partial charge in [0.25, 0.3) is 0 Å². The average Bonchev–Trinajstić information content (AvgIpc) is 3.16. The number of pyridine rings is 1. The molecule has 2 aromatic carbocycles. The summed E-state index contributed by atoms with van der Waals surface area (Å²) in [5.74, 6) is 1.72. The van der Waals surface area contributed by atoms with Crippen LogP contribution in [-0.4, -0.2) is 29.0 Å². The summed E-state index contributed by atoms with van der Waals surface area (Å²) in [4.78, 5) is 4.21. The first-order valence-corrected chi connectivity index (χ1v) is 8.99. The molecule has 0 atom stereocenters. The van der Waals surface area contributed by atoms with Crippen molar-refractivity contribution in [2.45, 2.75) is 5.88 Å². The molecule has 4 rings (SSSR count). The number of benzene rings is 2. The molecule has 2 aromatic heterocycles. The minimum absolute atomic E-state index is 0.309. The van der Waals surface area contributed by atoms with Crippen molar-refractivity contribution in [3.05, 3.63) is 66.6 Å². The zero-order valence-electron chi connectivity index (χ0n) is 15.0. The molecular formula is C21H18ClN3O2. The van der Waals surface area contributed by atoms with Crippen LogP contribution in [0.4, 0.5) is 0 Å². The molecule has 0 N–H and O–H groups in total. The van der Waals surface area contributed by atoms with Crippen LogP contribution in [0.2, 0.25) is 0 Å². The van der Waals surface area contributed by atoms with Crippen LogP contribution in [0.15, 0.2) is 60.9 Å². The van der Waals surface area contributed by atoms with Gasteiger partial charge in [-0.3, -0.25) is 4.98 Å². The van der Waals surface area contributed by atoms with Crippen molar-refractivity contribution in [2.75, 3.05) is 14.2 Å². The van der Waals surface area contributed by atoms with E-state index < -0.39 is 0 Å². The molecule has 4 aromatic rings. The van der Waals surface area contributed by atoms with E-state index in [4.69, 9.17) is 26.2 Å². The molecule has 0 spiro atoms. The van der Waals surface area contributed by atoms with Gasteiger partial charge in [0, 0.05) is 23.2 Å². The van der Waals surface area contributed by atoms with Crippen LogP contribution < -0.4 is 9.47 Å². The Kier molecular flexibility index (Phi) is 4.69. The Hall–Kier alpha value is -3.05. The molecule has 0 aliphatic heterocycles. The largest absolute Gasteiger partial charge is 0.496 e. The number of nitrogens with zero attached hydrogens (tertiary/aromatic N) is 3. The molecule has 0 saturated carbocycles. The molecule has 5 nitrogen and oxygen atoms in total. The number of fused-ring (bicyclic) bond motifs is 1. The van der Waals surface area contributed by atoms with Crippen molar-refractivity contribution in [1.82, 2.24) is 14.8 Å². The fourth-order valence-electron chi connectivity index (χ4n) is 3.25. The third-order valence-electron chi connectivity index (χ3n) is 4.47. The minimum atomic E-state index is 0.309. The maximum Gasteiger partial charge on any atom is 0.132 e. The predicted octanol–water partition coefficient (Wildman–Crippen LogP) is 4.84. The number of hydrogen-bond acceptors (Lipinski definition) is 4. The minimum Gasteiger partial charge on any atom is -0.496 e. The van der Waals surface area contributed by atoms with E-state index in [9.17, 15) is 0 Å². The van der Waals surface area contributed by atoms with E-state index in [0.29, 0.717) is 17.4 Å². The number of rotatable bonds is 5. The first kappa shape index (κ1) is 17.4. The molecule has 0 fully saturated rings. The van der Waals surface area contributed by atoms with Crippen molar-refractivity contribution in [1.29, 1.82) is 0 Å². The zero-order chi connectivity index (χ0) is 18.8. The van der Waals surface area contributed by atoms with E-state index in [1.165, 1.54) is 0 Å². The Morgan fingerprint density at radius 1 is 1.00 bits per heavy atom. The Labute approximate surface area is 162 Å². The third-order valence-corrected chi connectivity index (χ3v) is 4.74. The zero-order valence-corrected chi connectivity index (χ0v) is 15.8. The van der Waals surface area contributed by atoms with Gasteiger partial charge in [-0.1, -0.05) is 18.2 Å². The van der Waals surface area contributed by atoms with Gasteiger partial charge in [0.1, 0.15) is 11.5 Å². The Balaban J connectivity index is 2.04. The lowest BCUT2D eigenvalue weighted by Crippen LogP contribution is -2.03. The molecule has 0 bridgehead atoms. The van der Waals surface area contributed by atoms with Gasteiger partial charge in [-0.25, -0.2) is 4.68 Å². The highest BCUT2D eigenvalue weighted by Crippen LogP contribution is 2.40. The highest BCUT2D eigenvalue weighted by molar-refractivity contribution is 6.17. The monoisotopic (exact) mass is 379 g/mol. The van der Waals surface area contributed by atoms with Crippen molar-refractivity contribution in [3.8, 4) is 28.4 Å². The second-order valence-corrected chi connectivity index (χ2v) is 6.25. The third kappa shape index (κ3) is 3.00. The van der Waals surface area contributed by atoms with Crippen LogP contribution in [0, 0.1) is 0 Å². The van der Waals surface area contributed by atoms with E-state index in [2.05, 4.69) is 4.98 Å². The van der Waals surface area contributed by atoms with Crippen LogP contribution in [0.5, 0.6) is 11.5 Å². The summed E-state index contributed by atoms with van der Waals surface area (Å²) in [5, 5.41) is 6.82. The summed E-state index contributed by atoms with van der Waals surface area (Å²) in [6, 6.07) is 15.7. The van der Waals surface area contributed by atoms with Gasteiger partial charge in [0.05, 0.1) is 42.7 Å². The fraction of sp³-hybridized carbons (Fsp3) is 0.143. The molecule has 0 radical (unpaired) electrons. The van der Waals surface area contributed by atoms with E-state index >= 15 is 0 Å². The van der Waals surface area contributed by atoms with E-state index in [0.717, 1.165) is 33.4 Å². The van der Waals surface area contributed by atoms with Crippen LogP contribution in [0.1, 0.15) is 5.69 Å². The van der Waals surface area contributed by atoms with Gasteiger partial charge in [-0.2, -0.15) is 5.10 Å². The highest BCUT2D eigenvalue weighted by Gasteiger charge is 2.20. The summed E-state index contributed by atoms with van der Waals surface area (Å²) in [6.45, 7) is 0. The Morgan fingerprint density at radius 2 is 1.74 bits per heavy atom. The maximum atomic E-state index is 6.10. The number of hydrogen-bond donors (Lipinski definition) is 0. The highest BCUT2D eigenvalue weighted by atomic mass is 35.5. The van der Waals surface area contributed by atoms with Gasteiger partial charge in [0.2, 0.25) is 0 Å². The molecule has 0 aliphatic rings. The fourth-order valence-corrected chi connectivity index (χ4v) is 3.38. The van der Waals surface area contributed by atoms with Crippen molar-refractivity contribution in [2.24, 2.45) is 0 Å². The Morgan fingerprint density at radius 3 is 2.44 bits per heavy atom. The molecule has 0 amide bonds. The smallest absolute Gasteiger partial charge is 0.132 e. The first-order valence-electron chi connectivity index (χ1n) is 8.46. The quantitative estimate of drug-likeness (QED) is 0.465. The van der Waals surface area contributed by atoms with E-state index in [1.54, 1.807) is 20.4 Å². The van der Waals surface area contributed by atoms with Crippen LogP contribution in [-0.2, 0) is 5.88 Å². The van der Waals surface area contributed by atoms with Gasteiger partial charge in [0.15, 0.2) is 0 Å². The van der Waals surface area contributed by atoms with Crippen molar-refractivity contribution >= 4 is 22.4 Å². The standard InChI is InChI=1S/C21H18ClN3O2/c1-26-19-7-4-8-20(27-2)21(19)18-11-15(12-22)24-25(18)17-6-3-5-14-13-23-10-9-16(14)17/h3-11,13H,12H2,1-2H3. The maximum absolute atomic E-state index is 6.10. The molecule has 0 saturated heterocycles. The number of ether oxygens (including phenoxy) is 2. The molecular weight excluding hydrogens is 362 g/mol. The van der Waals surface area contributed by atoms with Crippen LogP contribution in [0.3, 0.4) is 0 Å². The number of aromatic nitrogens is 3. The SMILES string of the molecule is COc1cccc(OC)c1-c1cc(CCl)nn1-c1cccc2cnccc12. The topological polar surface area (TPSA) is 49.2 Å². The summed E-state index contributed by atoms with van der Waals surface area (Å²) in [7, 11) is 3.29. The number of methoxy groups -OCH3 is 2. The van der Waals surface area contributed by atoms with Gasteiger partial charge < -0.3 is 9.47 Å².